The van der Waals surface area contributed by atoms with Crippen molar-refractivity contribution in [2.45, 2.75) is 6.92 Å². The van der Waals surface area contributed by atoms with E-state index in [9.17, 15) is 0 Å². The molecule has 0 unspecified atom stereocenters. The van der Waals surface area contributed by atoms with Crippen molar-refractivity contribution in [1.29, 1.82) is 0 Å². The van der Waals surface area contributed by atoms with Crippen molar-refractivity contribution < 1.29 is 0 Å². The molecule has 5 heteroatoms. The van der Waals surface area contributed by atoms with Crippen molar-refractivity contribution in [2.24, 2.45) is 0 Å². The van der Waals surface area contributed by atoms with Gasteiger partial charge in [0.15, 0.2) is 0 Å². The molecular formula is C12H15N5. The SMILES string of the molecule is Cc1ccccc1N(C)c1cc(N)nc(N)n1. The quantitative estimate of drug-likeness (QED) is 0.819. The van der Waals surface area contributed by atoms with Gasteiger partial charge in [-0.05, 0) is 18.6 Å². The van der Waals surface area contributed by atoms with Crippen LogP contribution in [-0.2, 0) is 0 Å². The third-order valence-electron chi connectivity index (χ3n) is 2.57. The zero-order valence-corrected chi connectivity index (χ0v) is 9.88. The van der Waals surface area contributed by atoms with Gasteiger partial charge in [0.1, 0.15) is 11.6 Å². The minimum atomic E-state index is 0.181. The van der Waals surface area contributed by atoms with Gasteiger partial charge in [0.25, 0.3) is 0 Å². The molecule has 0 saturated heterocycles. The normalized spacial score (nSPS) is 10.2. The minimum absolute atomic E-state index is 0.181. The first-order chi connectivity index (χ1) is 8.08. The van der Waals surface area contributed by atoms with Gasteiger partial charge in [0.05, 0.1) is 0 Å². The van der Waals surface area contributed by atoms with Crippen LogP contribution in [0.15, 0.2) is 30.3 Å². The molecule has 0 bridgehead atoms. The highest BCUT2D eigenvalue weighted by Gasteiger charge is 2.09. The maximum Gasteiger partial charge on any atom is 0.223 e. The number of nitrogen functional groups attached to an aromatic ring is 2. The van der Waals surface area contributed by atoms with Crippen molar-refractivity contribution in [3.05, 3.63) is 35.9 Å². The van der Waals surface area contributed by atoms with Crippen molar-refractivity contribution in [3.63, 3.8) is 0 Å². The third kappa shape index (κ3) is 2.28. The molecule has 0 aliphatic rings. The van der Waals surface area contributed by atoms with Gasteiger partial charge < -0.3 is 16.4 Å². The van der Waals surface area contributed by atoms with Gasteiger partial charge in [-0.2, -0.15) is 9.97 Å². The first kappa shape index (κ1) is 11.2. The molecule has 4 N–H and O–H groups in total. The van der Waals surface area contributed by atoms with E-state index in [0.29, 0.717) is 11.6 Å². The Hall–Kier alpha value is -2.30. The highest BCUT2D eigenvalue weighted by molar-refractivity contribution is 5.65. The van der Waals surface area contributed by atoms with E-state index >= 15 is 0 Å². The largest absolute Gasteiger partial charge is 0.383 e. The van der Waals surface area contributed by atoms with Crippen LogP contribution in [0.4, 0.5) is 23.3 Å². The van der Waals surface area contributed by atoms with Gasteiger partial charge in [-0.1, -0.05) is 18.2 Å². The second-order valence-electron chi connectivity index (χ2n) is 3.85. The standard InChI is InChI=1S/C12H15N5/c1-8-5-3-4-6-9(8)17(2)11-7-10(13)15-12(14)16-11/h3-7H,1-2H3,(H4,13,14,15,16). The Bertz CT molecular complexity index is 518. The average Bonchev–Trinajstić information content (AvgIpc) is 2.27. The van der Waals surface area contributed by atoms with E-state index < -0.39 is 0 Å². The maximum atomic E-state index is 5.66. The molecule has 0 aliphatic carbocycles. The number of rotatable bonds is 2. The summed E-state index contributed by atoms with van der Waals surface area (Å²) in [6, 6.07) is 9.73. The van der Waals surface area contributed by atoms with E-state index in [1.54, 1.807) is 6.07 Å². The molecule has 0 aliphatic heterocycles. The zero-order chi connectivity index (χ0) is 12.4. The molecule has 0 amide bonds. The number of aromatic nitrogens is 2. The predicted molar refractivity (Wildman–Crippen MR) is 70.1 cm³/mol. The van der Waals surface area contributed by atoms with Crippen LogP contribution in [0.25, 0.3) is 0 Å². The number of nitrogens with two attached hydrogens (primary N) is 2. The molecule has 2 aromatic rings. The van der Waals surface area contributed by atoms with Crippen LogP contribution in [0.3, 0.4) is 0 Å². The maximum absolute atomic E-state index is 5.66. The molecule has 0 fully saturated rings. The second kappa shape index (κ2) is 4.29. The summed E-state index contributed by atoms with van der Waals surface area (Å²) < 4.78 is 0. The number of benzene rings is 1. The summed E-state index contributed by atoms with van der Waals surface area (Å²) in [6.45, 7) is 2.04. The highest BCUT2D eigenvalue weighted by Crippen LogP contribution is 2.25. The Morgan fingerprint density at radius 1 is 1.12 bits per heavy atom. The molecule has 1 aromatic heterocycles. The molecule has 2 rings (SSSR count). The molecule has 1 heterocycles. The lowest BCUT2D eigenvalue weighted by molar-refractivity contribution is 1.09. The number of para-hydroxylation sites is 1. The fourth-order valence-corrected chi connectivity index (χ4v) is 1.71. The van der Waals surface area contributed by atoms with Crippen molar-refractivity contribution in [3.8, 4) is 0 Å². The molecule has 0 atom stereocenters. The molecule has 0 radical (unpaired) electrons. The van der Waals surface area contributed by atoms with Gasteiger partial charge in [0, 0.05) is 18.8 Å². The van der Waals surface area contributed by atoms with Gasteiger partial charge in [-0.25, -0.2) is 0 Å². The Labute approximate surface area is 100 Å². The van der Waals surface area contributed by atoms with E-state index in [4.69, 9.17) is 11.5 Å². The lowest BCUT2D eigenvalue weighted by atomic mass is 10.2. The van der Waals surface area contributed by atoms with Crippen molar-refractivity contribution >= 4 is 23.3 Å². The van der Waals surface area contributed by atoms with E-state index in [-0.39, 0.29) is 5.95 Å². The molecule has 0 spiro atoms. The lowest BCUT2D eigenvalue weighted by Gasteiger charge is -2.20. The number of hydrogen-bond donors (Lipinski definition) is 2. The fourth-order valence-electron chi connectivity index (χ4n) is 1.71. The van der Waals surface area contributed by atoms with Crippen LogP contribution in [0.2, 0.25) is 0 Å². The van der Waals surface area contributed by atoms with E-state index in [0.717, 1.165) is 11.3 Å². The number of hydrogen-bond acceptors (Lipinski definition) is 5. The summed E-state index contributed by atoms with van der Waals surface area (Å²) in [5, 5.41) is 0. The molecular weight excluding hydrogens is 214 g/mol. The first-order valence-electron chi connectivity index (χ1n) is 5.27. The molecule has 5 nitrogen and oxygen atoms in total. The Kier molecular flexibility index (Phi) is 2.82. The van der Waals surface area contributed by atoms with Gasteiger partial charge in [-0.15, -0.1) is 0 Å². The molecule has 1 aromatic carbocycles. The molecule has 0 saturated carbocycles. The third-order valence-corrected chi connectivity index (χ3v) is 2.57. The summed E-state index contributed by atoms with van der Waals surface area (Å²) in [7, 11) is 1.92. The number of aryl methyl sites for hydroxylation is 1. The second-order valence-corrected chi connectivity index (χ2v) is 3.85. The summed E-state index contributed by atoms with van der Waals surface area (Å²) in [5.41, 5.74) is 13.5. The highest BCUT2D eigenvalue weighted by atomic mass is 15.2. The van der Waals surface area contributed by atoms with Gasteiger partial charge in [-0.3, -0.25) is 0 Å². The fraction of sp³-hybridized carbons (Fsp3) is 0.167. The average molecular weight is 229 g/mol. The smallest absolute Gasteiger partial charge is 0.223 e. The van der Waals surface area contributed by atoms with Gasteiger partial charge in [0.2, 0.25) is 5.95 Å². The van der Waals surface area contributed by atoms with Crippen molar-refractivity contribution in [1.82, 2.24) is 9.97 Å². The van der Waals surface area contributed by atoms with Crippen LogP contribution in [0.1, 0.15) is 5.56 Å². The number of nitrogens with zero attached hydrogens (tertiary/aromatic N) is 3. The van der Waals surface area contributed by atoms with Gasteiger partial charge >= 0.3 is 0 Å². The summed E-state index contributed by atoms with van der Waals surface area (Å²) in [4.78, 5) is 9.95. The van der Waals surface area contributed by atoms with Crippen LogP contribution < -0.4 is 16.4 Å². The van der Waals surface area contributed by atoms with E-state index in [2.05, 4.69) is 9.97 Å². The first-order valence-corrected chi connectivity index (χ1v) is 5.27. The van der Waals surface area contributed by atoms with Crippen LogP contribution >= 0.6 is 0 Å². The Balaban J connectivity index is 2.43. The van der Waals surface area contributed by atoms with Crippen molar-refractivity contribution in [2.75, 3.05) is 23.4 Å². The van der Waals surface area contributed by atoms with Crippen LogP contribution in [0, 0.1) is 6.92 Å². The monoisotopic (exact) mass is 229 g/mol. The topological polar surface area (TPSA) is 81.1 Å². The molecule has 88 valence electrons. The molecule has 17 heavy (non-hydrogen) atoms. The Morgan fingerprint density at radius 2 is 1.82 bits per heavy atom. The summed E-state index contributed by atoms with van der Waals surface area (Å²) in [5.74, 6) is 1.23. The summed E-state index contributed by atoms with van der Waals surface area (Å²) >= 11 is 0. The van der Waals surface area contributed by atoms with E-state index in [1.165, 1.54) is 0 Å². The number of anilines is 4. The zero-order valence-electron chi connectivity index (χ0n) is 9.88. The van der Waals surface area contributed by atoms with Crippen LogP contribution in [-0.4, -0.2) is 17.0 Å². The predicted octanol–water partition coefficient (Wildman–Crippen LogP) is 1.72. The van der Waals surface area contributed by atoms with Crippen LogP contribution in [0.5, 0.6) is 0 Å². The Morgan fingerprint density at radius 3 is 2.47 bits per heavy atom. The minimum Gasteiger partial charge on any atom is -0.383 e. The van der Waals surface area contributed by atoms with E-state index in [1.807, 2.05) is 43.1 Å². The summed E-state index contributed by atoms with van der Waals surface area (Å²) in [6.07, 6.45) is 0. The lowest BCUT2D eigenvalue weighted by Crippen LogP contribution is -2.14.